The van der Waals surface area contributed by atoms with Crippen molar-refractivity contribution in [1.29, 1.82) is 0 Å². The van der Waals surface area contributed by atoms with Gasteiger partial charge in [-0.15, -0.1) is 0 Å². The lowest BCUT2D eigenvalue weighted by atomic mass is 10.1. The molecule has 124 valence electrons. The number of carbonyl (C=O) groups is 1. The van der Waals surface area contributed by atoms with Crippen LogP contribution in [-0.2, 0) is 4.79 Å². The normalized spacial score (nSPS) is 12.8. The van der Waals surface area contributed by atoms with E-state index in [1.165, 1.54) is 0 Å². The minimum atomic E-state index is -1.64. The van der Waals surface area contributed by atoms with Gasteiger partial charge in [-0.1, -0.05) is 73.1 Å². The minimum absolute atomic E-state index is 0.118. The van der Waals surface area contributed by atoms with Crippen molar-refractivity contribution in [3.05, 3.63) is 29.8 Å². The lowest BCUT2D eigenvalue weighted by Crippen LogP contribution is -2.49. The van der Waals surface area contributed by atoms with Gasteiger partial charge in [0.05, 0.1) is 0 Å². The highest BCUT2D eigenvalue weighted by Crippen LogP contribution is 2.31. The number of hydrogen-bond acceptors (Lipinski definition) is 2. The molecule has 22 heavy (non-hydrogen) atoms. The molecule has 0 radical (unpaired) electrons. The highest BCUT2D eigenvalue weighted by atomic mass is 35.6. The maximum atomic E-state index is 12.0. The molecule has 0 aromatic heterocycles. The molecule has 0 fully saturated rings. The first-order valence-corrected chi connectivity index (χ1v) is 8.65. The summed E-state index contributed by atoms with van der Waals surface area (Å²) in [6.45, 7) is 4.10. The number of aryl methyl sites for hydroxylation is 1. The number of unbranched alkanes of at least 4 members (excludes halogenated alkanes) is 3. The lowest BCUT2D eigenvalue weighted by Gasteiger charge is -2.27. The number of nitrogens with one attached hydrogen (secondary N) is 2. The van der Waals surface area contributed by atoms with E-state index in [9.17, 15) is 4.79 Å². The van der Waals surface area contributed by atoms with Gasteiger partial charge in [0, 0.05) is 12.1 Å². The van der Waals surface area contributed by atoms with E-state index < -0.39 is 9.96 Å². The van der Waals surface area contributed by atoms with Gasteiger partial charge < -0.3 is 10.6 Å². The number of amides is 1. The number of anilines is 1. The molecule has 0 heterocycles. The fourth-order valence-electron chi connectivity index (χ4n) is 2.05. The molecule has 0 unspecified atom stereocenters. The van der Waals surface area contributed by atoms with Gasteiger partial charge in [0.2, 0.25) is 9.70 Å². The summed E-state index contributed by atoms with van der Waals surface area (Å²) in [4.78, 5) is 12.0. The van der Waals surface area contributed by atoms with E-state index in [-0.39, 0.29) is 5.91 Å². The van der Waals surface area contributed by atoms with Crippen LogP contribution in [0.25, 0.3) is 0 Å². The third-order valence-corrected chi connectivity index (χ3v) is 3.87. The first-order chi connectivity index (χ1) is 10.3. The number of carbonyl (C=O) groups excluding carboxylic acids is 1. The largest absolute Gasteiger partial charge is 0.362 e. The van der Waals surface area contributed by atoms with Crippen molar-refractivity contribution < 1.29 is 4.79 Å². The smallest absolute Gasteiger partial charge is 0.228 e. The van der Waals surface area contributed by atoms with E-state index in [1.807, 2.05) is 31.2 Å². The molecule has 2 N–H and O–H groups in total. The fourth-order valence-corrected chi connectivity index (χ4v) is 2.37. The molecule has 0 saturated heterocycles. The van der Waals surface area contributed by atoms with E-state index in [1.54, 1.807) is 0 Å². The van der Waals surface area contributed by atoms with E-state index in [0.717, 1.165) is 36.9 Å². The van der Waals surface area contributed by atoms with E-state index >= 15 is 0 Å². The Bertz CT molecular complexity index is 475. The second-order valence-corrected chi connectivity index (χ2v) is 7.74. The predicted octanol–water partition coefficient (Wildman–Crippen LogP) is 5.19. The number of halogens is 3. The quantitative estimate of drug-likeness (QED) is 0.378. The Balaban J connectivity index is 2.60. The second kappa shape index (κ2) is 9.49. The molecule has 1 amide bonds. The summed E-state index contributed by atoms with van der Waals surface area (Å²) in [5.74, 6) is -0.118. The van der Waals surface area contributed by atoms with Crippen LogP contribution in [0.2, 0.25) is 0 Å². The van der Waals surface area contributed by atoms with Gasteiger partial charge in [-0.05, 0) is 31.0 Å². The van der Waals surface area contributed by atoms with Gasteiger partial charge in [0.1, 0.15) is 6.17 Å². The topological polar surface area (TPSA) is 41.1 Å². The fraction of sp³-hybridized carbons (Fsp3) is 0.562. The molecule has 0 aliphatic rings. The van der Waals surface area contributed by atoms with Crippen LogP contribution in [0.5, 0.6) is 0 Å². The van der Waals surface area contributed by atoms with Gasteiger partial charge in [0.15, 0.2) is 0 Å². The van der Waals surface area contributed by atoms with Gasteiger partial charge >= 0.3 is 0 Å². The molecule has 1 atom stereocenters. The molecule has 0 bridgehead atoms. The maximum Gasteiger partial charge on any atom is 0.228 e. The van der Waals surface area contributed by atoms with E-state index in [4.69, 9.17) is 34.8 Å². The zero-order chi connectivity index (χ0) is 16.6. The lowest BCUT2D eigenvalue weighted by molar-refractivity contribution is -0.121. The molecule has 3 nitrogen and oxygen atoms in total. The highest BCUT2D eigenvalue weighted by molar-refractivity contribution is 6.68. The summed E-state index contributed by atoms with van der Waals surface area (Å²) in [6.07, 6.45) is 3.80. The van der Waals surface area contributed by atoms with Crippen molar-refractivity contribution in [1.82, 2.24) is 5.32 Å². The zero-order valence-corrected chi connectivity index (χ0v) is 15.2. The SMILES string of the molecule is CCCCCCC(=O)N[C@H](Nc1cccc(C)c1)C(Cl)(Cl)Cl. The third-order valence-electron chi connectivity index (χ3n) is 3.22. The van der Waals surface area contributed by atoms with Gasteiger partial charge in [-0.3, -0.25) is 4.79 Å². The number of rotatable bonds is 8. The summed E-state index contributed by atoms with van der Waals surface area (Å²) < 4.78 is -1.64. The third kappa shape index (κ3) is 7.57. The Kier molecular flexibility index (Phi) is 8.37. The maximum absolute atomic E-state index is 12.0. The van der Waals surface area contributed by atoms with Crippen LogP contribution < -0.4 is 10.6 Å². The first kappa shape index (κ1) is 19.4. The average Bonchev–Trinajstić information content (AvgIpc) is 2.42. The van der Waals surface area contributed by atoms with Crippen LogP contribution in [0.15, 0.2) is 24.3 Å². The average molecular weight is 366 g/mol. The summed E-state index contributed by atoms with van der Waals surface area (Å²) in [5.41, 5.74) is 1.88. The van der Waals surface area contributed by atoms with E-state index in [0.29, 0.717) is 6.42 Å². The summed E-state index contributed by atoms with van der Waals surface area (Å²) in [6, 6.07) is 7.67. The number of hydrogen-bond donors (Lipinski definition) is 2. The first-order valence-electron chi connectivity index (χ1n) is 7.52. The van der Waals surface area contributed by atoms with Crippen LogP contribution in [0.1, 0.15) is 44.6 Å². The number of alkyl halides is 3. The van der Waals surface area contributed by atoms with Crippen molar-refractivity contribution in [3.63, 3.8) is 0 Å². The minimum Gasteiger partial charge on any atom is -0.362 e. The predicted molar refractivity (Wildman–Crippen MR) is 95.8 cm³/mol. The van der Waals surface area contributed by atoms with Crippen molar-refractivity contribution >= 4 is 46.4 Å². The monoisotopic (exact) mass is 364 g/mol. The van der Waals surface area contributed by atoms with E-state index in [2.05, 4.69) is 17.6 Å². The van der Waals surface area contributed by atoms with Crippen LogP contribution in [0, 0.1) is 6.92 Å². The van der Waals surface area contributed by atoms with Crippen molar-refractivity contribution in [2.75, 3.05) is 5.32 Å². The molecular formula is C16H23Cl3N2O. The molecule has 1 aromatic rings. The van der Waals surface area contributed by atoms with Crippen LogP contribution in [0.4, 0.5) is 5.69 Å². The summed E-state index contributed by atoms with van der Waals surface area (Å²) >= 11 is 17.9. The van der Waals surface area contributed by atoms with Crippen LogP contribution >= 0.6 is 34.8 Å². The standard InChI is InChI=1S/C16H23Cl3N2O/c1-3-4-5-6-10-14(22)21-15(16(17,18)19)20-13-9-7-8-12(2)11-13/h7-9,11,15,20H,3-6,10H2,1-2H3,(H,21,22)/t15-/m0/s1. The molecular weight excluding hydrogens is 343 g/mol. The molecule has 1 rings (SSSR count). The highest BCUT2D eigenvalue weighted by Gasteiger charge is 2.33. The van der Waals surface area contributed by atoms with Crippen LogP contribution in [-0.4, -0.2) is 15.9 Å². The van der Waals surface area contributed by atoms with Crippen molar-refractivity contribution in [2.24, 2.45) is 0 Å². The summed E-state index contributed by atoms with van der Waals surface area (Å²) in [5, 5.41) is 5.82. The molecule has 0 spiro atoms. The zero-order valence-electron chi connectivity index (χ0n) is 13.0. The molecule has 0 saturated carbocycles. The Morgan fingerprint density at radius 3 is 2.55 bits per heavy atom. The molecule has 0 aliphatic carbocycles. The summed E-state index contributed by atoms with van der Waals surface area (Å²) in [7, 11) is 0. The Morgan fingerprint density at radius 1 is 1.23 bits per heavy atom. The van der Waals surface area contributed by atoms with Gasteiger partial charge in [-0.2, -0.15) is 0 Å². The van der Waals surface area contributed by atoms with Crippen molar-refractivity contribution in [3.8, 4) is 0 Å². The second-order valence-electron chi connectivity index (χ2n) is 5.37. The Hall–Kier alpha value is -0.640. The van der Waals surface area contributed by atoms with Gasteiger partial charge in [0.25, 0.3) is 0 Å². The molecule has 0 aliphatic heterocycles. The Morgan fingerprint density at radius 2 is 1.95 bits per heavy atom. The number of benzene rings is 1. The molecule has 1 aromatic carbocycles. The van der Waals surface area contributed by atoms with Crippen LogP contribution in [0.3, 0.4) is 0 Å². The molecule has 6 heteroatoms. The van der Waals surface area contributed by atoms with Gasteiger partial charge in [-0.25, -0.2) is 0 Å². The van der Waals surface area contributed by atoms with Crippen molar-refractivity contribution in [2.45, 2.75) is 55.9 Å². The Labute approximate surface area is 147 Å².